The fraction of sp³-hybridized carbons (Fsp3) is 0.200. The van der Waals surface area contributed by atoms with Crippen LogP contribution in [0, 0.1) is 6.92 Å². The van der Waals surface area contributed by atoms with E-state index in [1.54, 1.807) is 13.0 Å². The van der Waals surface area contributed by atoms with Gasteiger partial charge in [0.15, 0.2) is 5.82 Å². The van der Waals surface area contributed by atoms with Crippen LogP contribution in [0.3, 0.4) is 0 Å². The molecule has 0 radical (unpaired) electrons. The van der Waals surface area contributed by atoms with Crippen molar-refractivity contribution in [1.29, 1.82) is 0 Å². The van der Waals surface area contributed by atoms with Crippen molar-refractivity contribution in [3.63, 3.8) is 0 Å². The molecule has 2 aromatic rings. The van der Waals surface area contributed by atoms with Crippen LogP contribution in [0.2, 0.25) is 0 Å². The van der Waals surface area contributed by atoms with Gasteiger partial charge in [-0.05, 0) is 35.0 Å². The standard InChI is InChI=1S/C10H10Br2N4O3S/c1-5-15-9(19-16-5)4-14-20(17,18)10-7(12)2-6(11)3-8(10)13/h2-3,14H,4,13H2,1H3. The van der Waals surface area contributed by atoms with E-state index in [-0.39, 0.29) is 23.0 Å². The zero-order valence-corrected chi connectivity index (χ0v) is 14.2. The molecule has 0 unspecified atom stereocenters. The van der Waals surface area contributed by atoms with E-state index in [4.69, 9.17) is 10.3 Å². The van der Waals surface area contributed by atoms with Gasteiger partial charge >= 0.3 is 0 Å². The molecule has 0 bridgehead atoms. The van der Waals surface area contributed by atoms with E-state index in [1.807, 2.05) is 0 Å². The van der Waals surface area contributed by atoms with Crippen molar-refractivity contribution < 1.29 is 12.9 Å². The van der Waals surface area contributed by atoms with Crippen molar-refractivity contribution in [2.75, 3.05) is 5.73 Å². The molecule has 7 nitrogen and oxygen atoms in total. The average Bonchev–Trinajstić information content (AvgIpc) is 2.71. The van der Waals surface area contributed by atoms with E-state index in [0.717, 1.165) is 0 Å². The summed E-state index contributed by atoms with van der Waals surface area (Å²) in [6, 6.07) is 3.11. The average molecular weight is 426 g/mol. The monoisotopic (exact) mass is 424 g/mol. The first kappa shape index (κ1) is 15.4. The lowest BCUT2D eigenvalue weighted by Crippen LogP contribution is -2.24. The number of benzene rings is 1. The van der Waals surface area contributed by atoms with Crippen molar-refractivity contribution in [3.8, 4) is 0 Å². The molecule has 0 saturated heterocycles. The Labute approximate surface area is 132 Å². The van der Waals surface area contributed by atoms with Crippen LogP contribution < -0.4 is 10.5 Å². The Morgan fingerprint density at radius 3 is 2.65 bits per heavy atom. The Morgan fingerprint density at radius 2 is 2.10 bits per heavy atom. The van der Waals surface area contributed by atoms with Crippen LogP contribution in [0.15, 0.2) is 30.5 Å². The number of halogens is 2. The van der Waals surface area contributed by atoms with Gasteiger partial charge in [-0.3, -0.25) is 0 Å². The highest BCUT2D eigenvalue weighted by molar-refractivity contribution is 9.11. The number of nitrogens with zero attached hydrogens (tertiary/aromatic N) is 2. The summed E-state index contributed by atoms with van der Waals surface area (Å²) in [6.45, 7) is 1.54. The molecule has 0 atom stereocenters. The van der Waals surface area contributed by atoms with Gasteiger partial charge in [0.25, 0.3) is 0 Å². The zero-order chi connectivity index (χ0) is 14.9. The van der Waals surface area contributed by atoms with Crippen LogP contribution in [0.4, 0.5) is 5.69 Å². The SMILES string of the molecule is Cc1noc(CNS(=O)(=O)c2c(N)cc(Br)cc2Br)n1. The summed E-state index contributed by atoms with van der Waals surface area (Å²) in [6.07, 6.45) is 0. The molecule has 10 heteroatoms. The summed E-state index contributed by atoms with van der Waals surface area (Å²) in [5.41, 5.74) is 5.88. The molecule has 1 aromatic carbocycles. The van der Waals surface area contributed by atoms with Gasteiger partial charge in [0.05, 0.1) is 12.2 Å². The first-order valence-electron chi connectivity index (χ1n) is 5.33. The van der Waals surface area contributed by atoms with Crippen molar-refractivity contribution in [2.45, 2.75) is 18.4 Å². The highest BCUT2D eigenvalue weighted by atomic mass is 79.9. The molecule has 20 heavy (non-hydrogen) atoms. The summed E-state index contributed by atoms with van der Waals surface area (Å²) >= 11 is 6.42. The Morgan fingerprint density at radius 1 is 1.40 bits per heavy atom. The van der Waals surface area contributed by atoms with E-state index < -0.39 is 10.0 Å². The highest BCUT2D eigenvalue weighted by Gasteiger charge is 2.22. The summed E-state index contributed by atoms with van der Waals surface area (Å²) in [4.78, 5) is 3.88. The number of hydrogen-bond donors (Lipinski definition) is 2. The third-order valence-corrected chi connectivity index (χ3v) is 5.15. The molecule has 0 spiro atoms. The second kappa shape index (κ2) is 5.80. The normalized spacial score (nSPS) is 11.8. The van der Waals surface area contributed by atoms with Crippen LogP contribution >= 0.6 is 31.9 Å². The van der Waals surface area contributed by atoms with E-state index in [1.165, 1.54) is 6.07 Å². The summed E-state index contributed by atoms with van der Waals surface area (Å²) in [7, 11) is -3.80. The van der Waals surface area contributed by atoms with Crippen LogP contribution in [-0.4, -0.2) is 18.6 Å². The quantitative estimate of drug-likeness (QED) is 0.724. The van der Waals surface area contributed by atoms with Gasteiger partial charge in [0.1, 0.15) is 4.90 Å². The Hall–Kier alpha value is -0.970. The Bertz CT molecular complexity index is 722. The molecular formula is C10H10Br2N4O3S. The maximum atomic E-state index is 12.2. The molecule has 3 N–H and O–H groups in total. The minimum atomic E-state index is -3.80. The number of nitrogens with one attached hydrogen (secondary N) is 1. The zero-order valence-electron chi connectivity index (χ0n) is 10.2. The molecule has 0 saturated carbocycles. The lowest BCUT2D eigenvalue weighted by Gasteiger charge is -2.10. The molecule has 0 aliphatic carbocycles. The van der Waals surface area contributed by atoms with Crippen LogP contribution in [0.5, 0.6) is 0 Å². The topological polar surface area (TPSA) is 111 Å². The molecule has 108 valence electrons. The van der Waals surface area contributed by atoms with E-state index >= 15 is 0 Å². The van der Waals surface area contributed by atoms with Crippen LogP contribution in [0.1, 0.15) is 11.7 Å². The minimum Gasteiger partial charge on any atom is -0.398 e. The van der Waals surface area contributed by atoms with E-state index in [0.29, 0.717) is 14.8 Å². The predicted molar refractivity (Wildman–Crippen MR) is 79.3 cm³/mol. The van der Waals surface area contributed by atoms with Crippen LogP contribution in [0.25, 0.3) is 0 Å². The van der Waals surface area contributed by atoms with Gasteiger partial charge in [0, 0.05) is 8.95 Å². The first-order chi connectivity index (χ1) is 9.29. The number of nitrogen functional groups attached to an aromatic ring is 1. The molecule has 2 rings (SSSR count). The fourth-order valence-electron chi connectivity index (χ4n) is 1.50. The summed E-state index contributed by atoms with van der Waals surface area (Å²) < 4.78 is 32.7. The Balaban J connectivity index is 2.27. The fourth-order valence-corrected chi connectivity index (χ4v) is 4.54. The third kappa shape index (κ3) is 3.37. The van der Waals surface area contributed by atoms with Gasteiger partial charge in [-0.1, -0.05) is 21.1 Å². The molecule has 0 aliphatic heterocycles. The van der Waals surface area contributed by atoms with E-state index in [2.05, 4.69) is 46.7 Å². The maximum absolute atomic E-state index is 12.2. The molecule has 1 aromatic heterocycles. The lowest BCUT2D eigenvalue weighted by molar-refractivity contribution is 0.372. The minimum absolute atomic E-state index is 0.0306. The number of hydrogen-bond acceptors (Lipinski definition) is 6. The molecular weight excluding hydrogens is 416 g/mol. The van der Waals surface area contributed by atoms with Crippen molar-refractivity contribution in [2.24, 2.45) is 0 Å². The predicted octanol–water partition coefficient (Wildman–Crippen LogP) is 1.96. The molecule has 0 fully saturated rings. The van der Waals surface area contributed by atoms with Crippen molar-refractivity contribution in [3.05, 3.63) is 32.8 Å². The second-order valence-corrected chi connectivity index (χ2v) is 7.34. The first-order valence-corrected chi connectivity index (χ1v) is 8.40. The highest BCUT2D eigenvalue weighted by Crippen LogP contribution is 2.31. The summed E-state index contributed by atoms with van der Waals surface area (Å²) in [5, 5.41) is 3.58. The van der Waals surface area contributed by atoms with E-state index in [9.17, 15) is 8.42 Å². The number of aryl methyl sites for hydroxylation is 1. The number of aromatic nitrogens is 2. The van der Waals surface area contributed by atoms with Gasteiger partial charge in [-0.25, -0.2) is 13.1 Å². The maximum Gasteiger partial charge on any atom is 0.244 e. The Kier molecular flexibility index (Phi) is 4.47. The van der Waals surface area contributed by atoms with Gasteiger partial charge < -0.3 is 10.3 Å². The van der Waals surface area contributed by atoms with Crippen molar-refractivity contribution >= 4 is 47.6 Å². The molecule has 0 amide bonds. The number of rotatable bonds is 4. The second-order valence-electron chi connectivity index (χ2n) is 3.87. The van der Waals surface area contributed by atoms with Gasteiger partial charge in [-0.2, -0.15) is 4.98 Å². The summed E-state index contributed by atoms with van der Waals surface area (Å²) in [5.74, 6) is 0.612. The third-order valence-electron chi connectivity index (χ3n) is 2.29. The number of sulfonamides is 1. The van der Waals surface area contributed by atoms with Crippen LogP contribution in [-0.2, 0) is 16.6 Å². The van der Waals surface area contributed by atoms with Crippen molar-refractivity contribution in [1.82, 2.24) is 14.9 Å². The largest absolute Gasteiger partial charge is 0.398 e. The molecule has 0 aliphatic rings. The smallest absolute Gasteiger partial charge is 0.244 e. The lowest BCUT2D eigenvalue weighted by atomic mass is 10.3. The van der Waals surface area contributed by atoms with Gasteiger partial charge in [-0.15, -0.1) is 0 Å². The molecule has 1 heterocycles. The number of anilines is 1. The van der Waals surface area contributed by atoms with Gasteiger partial charge in [0.2, 0.25) is 15.9 Å². The number of nitrogens with two attached hydrogens (primary N) is 1.